The second-order valence-corrected chi connectivity index (χ2v) is 8.35. The van der Waals surface area contributed by atoms with Gasteiger partial charge >= 0.3 is 0 Å². The van der Waals surface area contributed by atoms with E-state index in [1.807, 2.05) is 53.4 Å². The number of hydrogen-bond acceptors (Lipinski definition) is 5. The number of methoxy groups -OCH3 is 1. The van der Waals surface area contributed by atoms with E-state index < -0.39 is 0 Å². The van der Waals surface area contributed by atoms with E-state index in [0.717, 1.165) is 53.0 Å². The molecule has 1 aliphatic rings. The van der Waals surface area contributed by atoms with E-state index in [1.165, 1.54) is 4.70 Å². The fraction of sp³-hybridized carbons (Fsp3) is 0.261. The largest absolute Gasteiger partial charge is 0.497 e. The fourth-order valence-electron chi connectivity index (χ4n) is 3.96. The summed E-state index contributed by atoms with van der Waals surface area (Å²) in [4.78, 5) is 24.8. The molecule has 0 aliphatic carbocycles. The zero-order chi connectivity index (χ0) is 19.8. The number of rotatable bonds is 3. The topological polar surface area (TPSA) is 55.3 Å². The average Bonchev–Trinajstić information content (AvgIpc) is 3.22. The zero-order valence-corrected chi connectivity index (χ0v) is 17.0. The number of hydrogen-bond donors (Lipinski definition) is 0. The second kappa shape index (κ2) is 7.44. The molecule has 1 unspecified atom stereocenters. The molecule has 3 heterocycles. The maximum absolute atomic E-state index is 13.4. The molecule has 146 valence electrons. The molecule has 0 saturated carbocycles. The fourth-order valence-corrected chi connectivity index (χ4v) is 5.08. The minimum absolute atomic E-state index is 0.0158. The van der Waals surface area contributed by atoms with Gasteiger partial charge in [0.15, 0.2) is 0 Å². The molecule has 1 fully saturated rings. The second-order valence-electron chi connectivity index (χ2n) is 7.29. The quantitative estimate of drug-likeness (QED) is 0.471. The Hall–Kier alpha value is -2.99. The number of thiazole rings is 1. The highest BCUT2D eigenvalue weighted by Crippen LogP contribution is 2.36. The highest BCUT2D eigenvalue weighted by Gasteiger charge is 2.31. The molecule has 0 radical (unpaired) electrons. The number of piperidine rings is 1. The Morgan fingerprint density at radius 2 is 1.97 bits per heavy atom. The summed E-state index contributed by atoms with van der Waals surface area (Å²) in [6.07, 6.45) is 3.06. The van der Waals surface area contributed by atoms with Gasteiger partial charge in [-0.05, 0) is 55.7 Å². The van der Waals surface area contributed by atoms with Crippen molar-refractivity contribution in [2.24, 2.45) is 0 Å². The third kappa shape index (κ3) is 3.34. The van der Waals surface area contributed by atoms with Crippen molar-refractivity contribution in [3.63, 3.8) is 0 Å². The molecule has 0 bridgehead atoms. The number of amides is 1. The number of aromatic nitrogens is 2. The third-order valence-corrected chi connectivity index (χ3v) is 6.61. The molecule has 4 aromatic rings. The smallest absolute Gasteiger partial charge is 0.273 e. The van der Waals surface area contributed by atoms with Crippen molar-refractivity contribution in [3.05, 3.63) is 65.3 Å². The maximum atomic E-state index is 13.4. The van der Waals surface area contributed by atoms with Gasteiger partial charge in [-0.1, -0.05) is 18.2 Å². The average molecular weight is 404 g/mol. The maximum Gasteiger partial charge on any atom is 0.273 e. The van der Waals surface area contributed by atoms with Crippen molar-refractivity contribution in [1.82, 2.24) is 14.9 Å². The monoisotopic (exact) mass is 403 g/mol. The number of para-hydroxylation sites is 1. The van der Waals surface area contributed by atoms with Crippen LogP contribution in [0.2, 0.25) is 0 Å². The molecular formula is C23H21N3O2S. The predicted octanol–water partition coefficient (Wildman–Crippen LogP) is 5.22. The van der Waals surface area contributed by atoms with Crippen LogP contribution in [0.5, 0.6) is 5.75 Å². The van der Waals surface area contributed by atoms with E-state index in [1.54, 1.807) is 18.4 Å². The molecule has 2 aromatic carbocycles. The number of carbonyl (C=O) groups is 1. The first kappa shape index (κ1) is 18.1. The van der Waals surface area contributed by atoms with Crippen LogP contribution in [0.15, 0.2) is 54.6 Å². The third-order valence-electron chi connectivity index (χ3n) is 5.47. The summed E-state index contributed by atoms with van der Waals surface area (Å²) in [5.41, 5.74) is 2.28. The first-order valence-electron chi connectivity index (χ1n) is 9.84. The van der Waals surface area contributed by atoms with Crippen molar-refractivity contribution >= 4 is 38.4 Å². The Balaban J connectivity index is 1.48. The Kier molecular flexibility index (Phi) is 4.64. The van der Waals surface area contributed by atoms with Gasteiger partial charge in [-0.3, -0.25) is 4.79 Å². The van der Waals surface area contributed by atoms with Crippen LogP contribution < -0.4 is 4.74 Å². The van der Waals surface area contributed by atoms with Gasteiger partial charge in [0.25, 0.3) is 5.91 Å². The van der Waals surface area contributed by atoms with E-state index in [2.05, 4.69) is 11.1 Å². The lowest BCUT2D eigenvalue weighted by Gasteiger charge is -2.34. The molecule has 5 nitrogen and oxygen atoms in total. The van der Waals surface area contributed by atoms with Gasteiger partial charge in [0.1, 0.15) is 16.5 Å². The Morgan fingerprint density at radius 1 is 1.07 bits per heavy atom. The van der Waals surface area contributed by atoms with Crippen LogP contribution >= 0.6 is 11.3 Å². The Bertz CT molecular complexity index is 1170. The lowest BCUT2D eigenvalue weighted by molar-refractivity contribution is 0.0606. The van der Waals surface area contributed by atoms with Crippen molar-refractivity contribution in [2.75, 3.05) is 13.7 Å². The van der Waals surface area contributed by atoms with Gasteiger partial charge in [-0.25, -0.2) is 9.97 Å². The van der Waals surface area contributed by atoms with Crippen LogP contribution in [0.25, 0.3) is 21.1 Å². The summed E-state index contributed by atoms with van der Waals surface area (Å²) in [5.74, 6) is 0.761. The standard InChI is InChI=1S/C23H21N3O2S/c1-28-16-10-12-17-15(14-16)9-11-19(24-17)23(27)26-13-5-4-7-20(26)22-25-18-6-2-3-8-21(18)29-22/h2-3,6,8-12,14,20H,4-5,7,13H2,1H3. The lowest BCUT2D eigenvalue weighted by atomic mass is 10.0. The number of pyridine rings is 1. The summed E-state index contributed by atoms with van der Waals surface area (Å²) in [6.45, 7) is 0.738. The molecule has 1 atom stereocenters. The summed E-state index contributed by atoms with van der Waals surface area (Å²) in [7, 11) is 1.64. The molecule has 2 aromatic heterocycles. The number of carbonyl (C=O) groups excluding carboxylic acids is 1. The molecule has 0 spiro atoms. The van der Waals surface area contributed by atoms with Crippen LogP contribution in [0, 0.1) is 0 Å². The van der Waals surface area contributed by atoms with Gasteiger partial charge in [-0.2, -0.15) is 0 Å². The van der Waals surface area contributed by atoms with Gasteiger partial charge in [0.05, 0.1) is 28.9 Å². The molecule has 29 heavy (non-hydrogen) atoms. The molecule has 6 heteroatoms. The van der Waals surface area contributed by atoms with E-state index in [-0.39, 0.29) is 11.9 Å². The lowest BCUT2D eigenvalue weighted by Crippen LogP contribution is -2.38. The number of nitrogens with zero attached hydrogens (tertiary/aromatic N) is 3. The van der Waals surface area contributed by atoms with E-state index in [9.17, 15) is 4.79 Å². The number of fused-ring (bicyclic) bond motifs is 2. The van der Waals surface area contributed by atoms with Crippen LogP contribution in [0.4, 0.5) is 0 Å². The minimum atomic E-state index is -0.0216. The van der Waals surface area contributed by atoms with Crippen molar-refractivity contribution in [2.45, 2.75) is 25.3 Å². The van der Waals surface area contributed by atoms with Crippen LogP contribution in [-0.2, 0) is 0 Å². The predicted molar refractivity (Wildman–Crippen MR) is 116 cm³/mol. The van der Waals surface area contributed by atoms with Crippen molar-refractivity contribution < 1.29 is 9.53 Å². The van der Waals surface area contributed by atoms with Gasteiger partial charge in [0, 0.05) is 11.9 Å². The number of likely N-dealkylation sites (tertiary alicyclic amines) is 1. The molecule has 1 amide bonds. The van der Waals surface area contributed by atoms with E-state index >= 15 is 0 Å². The molecule has 1 aliphatic heterocycles. The highest BCUT2D eigenvalue weighted by molar-refractivity contribution is 7.18. The van der Waals surface area contributed by atoms with E-state index in [4.69, 9.17) is 9.72 Å². The zero-order valence-electron chi connectivity index (χ0n) is 16.2. The van der Waals surface area contributed by atoms with Crippen LogP contribution in [0.3, 0.4) is 0 Å². The van der Waals surface area contributed by atoms with Gasteiger partial charge < -0.3 is 9.64 Å². The van der Waals surface area contributed by atoms with Gasteiger partial charge in [0.2, 0.25) is 0 Å². The highest BCUT2D eigenvalue weighted by atomic mass is 32.1. The number of ether oxygens (including phenoxy) is 1. The summed E-state index contributed by atoms with van der Waals surface area (Å²) < 4.78 is 6.44. The SMILES string of the molecule is COc1ccc2nc(C(=O)N3CCCCC3c3nc4ccccc4s3)ccc2c1. The molecule has 5 rings (SSSR count). The van der Waals surface area contributed by atoms with E-state index in [0.29, 0.717) is 5.69 Å². The van der Waals surface area contributed by atoms with Crippen molar-refractivity contribution in [3.8, 4) is 5.75 Å². The summed E-state index contributed by atoms with van der Waals surface area (Å²) in [5, 5.41) is 1.98. The van der Waals surface area contributed by atoms with Crippen LogP contribution in [-0.4, -0.2) is 34.4 Å². The molecular weight excluding hydrogens is 382 g/mol. The normalized spacial score (nSPS) is 17.0. The van der Waals surface area contributed by atoms with Crippen LogP contribution in [0.1, 0.15) is 40.8 Å². The molecule has 1 saturated heterocycles. The molecule has 0 N–H and O–H groups in total. The minimum Gasteiger partial charge on any atom is -0.497 e. The Morgan fingerprint density at radius 3 is 2.83 bits per heavy atom. The Labute approximate surface area is 173 Å². The first-order chi connectivity index (χ1) is 14.2. The summed E-state index contributed by atoms with van der Waals surface area (Å²) in [6, 6.07) is 17.6. The summed E-state index contributed by atoms with van der Waals surface area (Å²) >= 11 is 1.69. The first-order valence-corrected chi connectivity index (χ1v) is 10.7. The number of benzene rings is 2. The van der Waals surface area contributed by atoms with Crippen molar-refractivity contribution in [1.29, 1.82) is 0 Å². The van der Waals surface area contributed by atoms with Gasteiger partial charge in [-0.15, -0.1) is 11.3 Å².